The number of benzene rings is 1. The number of rotatable bonds is 13. The Bertz CT molecular complexity index is 460. The Morgan fingerprint density at radius 2 is 1.58 bits per heavy atom. The molecule has 0 saturated carbocycles. The number of β-lactam (4-membered cyclic amide) rings is 1. The van der Waals surface area contributed by atoms with Gasteiger partial charge < -0.3 is 0 Å². The first-order chi connectivity index (χ1) is 11.8. The van der Waals surface area contributed by atoms with Crippen LogP contribution in [-0.2, 0) is 16.2 Å². The van der Waals surface area contributed by atoms with Crippen LogP contribution in [0, 0.1) is 0 Å². The van der Waals surface area contributed by atoms with E-state index in [2.05, 4.69) is 6.92 Å². The fourth-order valence-electron chi connectivity index (χ4n) is 3.27. The van der Waals surface area contributed by atoms with Gasteiger partial charge in [0.05, 0.1) is 12.5 Å². The fourth-order valence-corrected chi connectivity index (χ4v) is 3.27. The standard InChI is InChI=1S/C21H33NO2/c1-2-3-4-5-6-7-8-9-13-16-20-17-21(23)22(20)24-18-19-14-11-10-12-15-19/h10-12,14-15,20H,2-9,13,16-18H2,1H3/t20-/m1/s1. The van der Waals surface area contributed by atoms with Crippen molar-refractivity contribution < 1.29 is 9.63 Å². The maximum Gasteiger partial charge on any atom is 0.248 e. The van der Waals surface area contributed by atoms with Crippen molar-refractivity contribution in [3.05, 3.63) is 35.9 Å². The molecule has 1 saturated heterocycles. The van der Waals surface area contributed by atoms with Crippen molar-refractivity contribution in [1.82, 2.24) is 5.06 Å². The van der Waals surface area contributed by atoms with E-state index >= 15 is 0 Å². The molecule has 1 heterocycles. The van der Waals surface area contributed by atoms with Crippen molar-refractivity contribution in [1.29, 1.82) is 0 Å². The van der Waals surface area contributed by atoms with Gasteiger partial charge in [0.1, 0.15) is 6.61 Å². The Kier molecular flexibility index (Phi) is 8.90. The van der Waals surface area contributed by atoms with Crippen molar-refractivity contribution >= 4 is 5.91 Å². The number of unbranched alkanes of at least 4 members (excludes halogenated alkanes) is 8. The molecule has 1 aromatic rings. The van der Waals surface area contributed by atoms with E-state index in [1.807, 2.05) is 30.3 Å². The minimum atomic E-state index is 0.131. The number of carbonyl (C=O) groups excluding carboxylic acids is 1. The monoisotopic (exact) mass is 331 g/mol. The zero-order valence-electron chi connectivity index (χ0n) is 15.2. The lowest BCUT2D eigenvalue weighted by atomic mass is 9.97. The van der Waals surface area contributed by atoms with Crippen molar-refractivity contribution in [3.8, 4) is 0 Å². The summed E-state index contributed by atoms with van der Waals surface area (Å²) < 4.78 is 0. The molecule has 1 aromatic carbocycles. The molecular formula is C21H33NO2. The van der Waals surface area contributed by atoms with Crippen LogP contribution >= 0.6 is 0 Å². The smallest absolute Gasteiger partial charge is 0.248 e. The number of hydrogen-bond donors (Lipinski definition) is 0. The van der Waals surface area contributed by atoms with Gasteiger partial charge in [-0.1, -0.05) is 95.0 Å². The van der Waals surface area contributed by atoms with Crippen LogP contribution in [0.15, 0.2) is 30.3 Å². The highest BCUT2D eigenvalue weighted by molar-refractivity contribution is 5.81. The van der Waals surface area contributed by atoms with E-state index < -0.39 is 0 Å². The molecule has 2 rings (SSSR count). The average Bonchev–Trinajstić information content (AvgIpc) is 2.60. The average molecular weight is 332 g/mol. The summed E-state index contributed by atoms with van der Waals surface area (Å²) >= 11 is 0. The summed E-state index contributed by atoms with van der Waals surface area (Å²) in [5, 5.41) is 1.61. The maximum absolute atomic E-state index is 11.7. The van der Waals surface area contributed by atoms with E-state index in [9.17, 15) is 4.79 Å². The van der Waals surface area contributed by atoms with Crippen LogP contribution in [0.2, 0.25) is 0 Å². The van der Waals surface area contributed by atoms with E-state index in [0.29, 0.717) is 19.1 Å². The minimum Gasteiger partial charge on any atom is -0.272 e. The Balaban J connectivity index is 1.51. The van der Waals surface area contributed by atoms with Crippen LogP contribution in [-0.4, -0.2) is 17.0 Å². The quantitative estimate of drug-likeness (QED) is 0.346. The fraction of sp³-hybridized carbons (Fsp3) is 0.667. The van der Waals surface area contributed by atoms with Crippen molar-refractivity contribution in [2.45, 2.75) is 90.2 Å². The second kappa shape index (κ2) is 11.2. The number of amides is 1. The number of hydroxylamine groups is 2. The highest BCUT2D eigenvalue weighted by atomic mass is 16.7. The van der Waals surface area contributed by atoms with Gasteiger partial charge >= 0.3 is 0 Å². The SMILES string of the molecule is CCCCCCCCCCC[C@@H]1CC(=O)N1OCc1ccccc1. The van der Waals surface area contributed by atoms with E-state index in [1.165, 1.54) is 57.8 Å². The second-order valence-corrected chi connectivity index (χ2v) is 6.95. The first-order valence-corrected chi connectivity index (χ1v) is 9.80. The lowest BCUT2D eigenvalue weighted by molar-refractivity contribution is -0.234. The largest absolute Gasteiger partial charge is 0.272 e. The normalized spacial score (nSPS) is 17.1. The molecule has 0 radical (unpaired) electrons. The molecular weight excluding hydrogens is 298 g/mol. The van der Waals surface area contributed by atoms with Crippen molar-refractivity contribution in [2.24, 2.45) is 0 Å². The molecule has 0 aliphatic carbocycles. The van der Waals surface area contributed by atoms with Gasteiger partial charge in [-0.25, -0.2) is 5.06 Å². The molecule has 0 unspecified atom stereocenters. The molecule has 1 aliphatic rings. The van der Waals surface area contributed by atoms with E-state index in [-0.39, 0.29) is 5.91 Å². The van der Waals surface area contributed by atoms with Crippen molar-refractivity contribution in [3.63, 3.8) is 0 Å². The summed E-state index contributed by atoms with van der Waals surface area (Å²) in [6, 6.07) is 10.3. The van der Waals surface area contributed by atoms with E-state index in [0.717, 1.165) is 12.0 Å². The summed E-state index contributed by atoms with van der Waals surface area (Å²) in [5.41, 5.74) is 1.11. The molecule has 1 atom stereocenters. The van der Waals surface area contributed by atoms with Gasteiger partial charge in [0.25, 0.3) is 0 Å². The summed E-state index contributed by atoms with van der Waals surface area (Å²) in [4.78, 5) is 17.4. The molecule has 0 spiro atoms. The molecule has 1 fully saturated rings. The minimum absolute atomic E-state index is 0.131. The Hall–Kier alpha value is -1.35. The molecule has 3 nitrogen and oxygen atoms in total. The van der Waals surface area contributed by atoms with Gasteiger partial charge in [-0.15, -0.1) is 0 Å². The third-order valence-corrected chi connectivity index (χ3v) is 4.84. The lowest BCUT2D eigenvalue weighted by Gasteiger charge is -2.39. The maximum atomic E-state index is 11.7. The Morgan fingerprint density at radius 3 is 2.21 bits per heavy atom. The third kappa shape index (κ3) is 6.64. The lowest BCUT2D eigenvalue weighted by Crippen LogP contribution is -2.52. The van der Waals surface area contributed by atoms with Gasteiger partial charge in [0.15, 0.2) is 0 Å². The molecule has 1 aliphatic heterocycles. The molecule has 1 amide bonds. The van der Waals surface area contributed by atoms with Crippen LogP contribution < -0.4 is 0 Å². The summed E-state index contributed by atoms with van der Waals surface area (Å²) in [6.07, 6.45) is 13.8. The molecule has 0 aromatic heterocycles. The zero-order valence-corrected chi connectivity index (χ0v) is 15.2. The van der Waals surface area contributed by atoms with Crippen LogP contribution in [0.1, 0.15) is 83.1 Å². The number of nitrogens with zero attached hydrogens (tertiary/aromatic N) is 1. The highest BCUT2D eigenvalue weighted by Crippen LogP contribution is 2.25. The molecule has 3 heteroatoms. The Labute approximate surface area is 147 Å². The first kappa shape index (κ1) is 19.0. The van der Waals surface area contributed by atoms with Crippen molar-refractivity contribution in [2.75, 3.05) is 0 Å². The van der Waals surface area contributed by atoms with Gasteiger partial charge in [-0.2, -0.15) is 0 Å². The summed E-state index contributed by atoms with van der Waals surface area (Å²) in [7, 11) is 0. The highest BCUT2D eigenvalue weighted by Gasteiger charge is 2.36. The Morgan fingerprint density at radius 1 is 0.958 bits per heavy atom. The van der Waals surface area contributed by atoms with Crippen LogP contribution in [0.4, 0.5) is 0 Å². The molecule has 0 bridgehead atoms. The van der Waals surface area contributed by atoms with Gasteiger partial charge in [0, 0.05) is 0 Å². The third-order valence-electron chi connectivity index (χ3n) is 4.84. The second-order valence-electron chi connectivity index (χ2n) is 6.95. The zero-order chi connectivity index (χ0) is 17.0. The first-order valence-electron chi connectivity index (χ1n) is 9.80. The van der Waals surface area contributed by atoms with Crippen LogP contribution in [0.25, 0.3) is 0 Å². The van der Waals surface area contributed by atoms with Crippen LogP contribution in [0.3, 0.4) is 0 Å². The predicted molar refractivity (Wildman–Crippen MR) is 98.3 cm³/mol. The topological polar surface area (TPSA) is 29.5 Å². The summed E-state index contributed by atoms with van der Waals surface area (Å²) in [5.74, 6) is 0.131. The van der Waals surface area contributed by atoms with Gasteiger partial charge in [-0.3, -0.25) is 9.63 Å². The molecule has 134 valence electrons. The predicted octanol–water partition coefficient (Wildman–Crippen LogP) is 5.64. The van der Waals surface area contributed by atoms with Gasteiger partial charge in [-0.05, 0) is 12.0 Å². The number of carbonyl (C=O) groups is 1. The van der Waals surface area contributed by atoms with E-state index in [4.69, 9.17) is 4.84 Å². The van der Waals surface area contributed by atoms with E-state index in [1.54, 1.807) is 5.06 Å². The molecule has 24 heavy (non-hydrogen) atoms. The van der Waals surface area contributed by atoms with Crippen LogP contribution in [0.5, 0.6) is 0 Å². The van der Waals surface area contributed by atoms with Gasteiger partial charge in [0.2, 0.25) is 5.91 Å². The summed E-state index contributed by atoms with van der Waals surface area (Å²) in [6.45, 7) is 2.75. The molecule has 0 N–H and O–H groups in total. The number of hydrogen-bond acceptors (Lipinski definition) is 2.